The van der Waals surface area contributed by atoms with Gasteiger partial charge in [0.1, 0.15) is 23.0 Å². The van der Waals surface area contributed by atoms with E-state index in [0.29, 0.717) is 78.2 Å². The molecule has 4 aliphatic rings. The number of amides is 1. The number of rotatable bonds is 12. The van der Waals surface area contributed by atoms with Crippen LogP contribution in [0.1, 0.15) is 83.1 Å². The van der Waals surface area contributed by atoms with Crippen molar-refractivity contribution in [3.63, 3.8) is 0 Å². The molecule has 1 amide bonds. The van der Waals surface area contributed by atoms with Crippen LogP contribution in [-0.2, 0) is 14.2 Å². The number of fused-ring (bicyclic) bond motifs is 2. The van der Waals surface area contributed by atoms with Crippen LogP contribution in [-0.4, -0.2) is 126 Å². The first-order chi connectivity index (χ1) is 29.7. The van der Waals surface area contributed by atoms with E-state index in [0.717, 1.165) is 70.1 Å². The molecule has 8 rings (SSSR count). The smallest absolute Gasteiger partial charge is 0.422 e. The summed E-state index contributed by atoms with van der Waals surface area (Å²) in [5.41, 5.74) is 2.50. The fraction of sp³-hybridized carbons (Fsp3) is 0.565. The second kappa shape index (κ2) is 17.7. The number of piperidine rings is 2. The summed E-state index contributed by atoms with van der Waals surface area (Å²) in [5.74, 6) is 0.479. The summed E-state index contributed by atoms with van der Waals surface area (Å²) >= 11 is 0. The molecular weight excluding hydrogens is 804 g/mol. The van der Waals surface area contributed by atoms with Crippen molar-refractivity contribution in [1.29, 1.82) is 0 Å². The molecule has 1 atom stereocenters. The maximum atomic E-state index is 14.3. The number of ether oxygens (including phenoxy) is 5. The molecule has 4 aromatic rings. The lowest BCUT2D eigenvalue weighted by Crippen LogP contribution is -2.62. The molecule has 1 unspecified atom stereocenters. The molecular formula is C46H58F3N7O6. The van der Waals surface area contributed by atoms with Gasteiger partial charge in [-0.15, -0.1) is 0 Å². The molecule has 4 aliphatic heterocycles. The van der Waals surface area contributed by atoms with E-state index in [1.165, 1.54) is 0 Å². The van der Waals surface area contributed by atoms with Crippen LogP contribution >= 0.6 is 0 Å². The SMILES string of the molecule is C=Cc1cc2c(N3CCC4(CC3)CN(C(=O)OC(C)(C)C)C4)nc(OC3CCN(CCOC)CC3)nc2c(OCC(F)(F)F)c1-c1c(C=C)ccc2c1cnn2C1CCCCO1. The van der Waals surface area contributed by atoms with Crippen LogP contribution in [0.25, 0.3) is 45.1 Å². The quantitative estimate of drug-likeness (QED) is 0.136. The maximum absolute atomic E-state index is 14.3. The zero-order valence-electron chi connectivity index (χ0n) is 36.3. The third-order valence-corrected chi connectivity index (χ3v) is 12.5. The molecule has 16 heteroatoms. The first-order valence-corrected chi connectivity index (χ1v) is 21.7. The first-order valence-electron chi connectivity index (χ1n) is 21.7. The number of likely N-dealkylation sites (tertiary alicyclic amines) is 2. The summed E-state index contributed by atoms with van der Waals surface area (Å²) in [6.07, 6.45) is 5.32. The Morgan fingerprint density at radius 2 is 1.71 bits per heavy atom. The Morgan fingerprint density at radius 3 is 2.35 bits per heavy atom. The Morgan fingerprint density at radius 1 is 0.968 bits per heavy atom. The highest BCUT2D eigenvalue weighted by atomic mass is 19.4. The first kappa shape index (κ1) is 43.7. The van der Waals surface area contributed by atoms with Crippen molar-refractivity contribution in [2.45, 2.75) is 89.8 Å². The normalized spacial score (nSPS) is 20.1. The summed E-state index contributed by atoms with van der Waals surface area (Å²) in [7, 11) is 1.69. The molecule has 1 spiro atoms. The van der Waals surface area contributed by atoms with Gasteiger partial charge in [-0.05, 0) is 89.0 Å². The zero-order chi connectivity index (χ0) is 43.8. The van der Waals surface area contributed by atoms with E-state index in [9.17, 15) is 18.0 Å². The van der Waals surface area contributed by atoms with E-state index in [-0.39, 0.29) is 41.1 Å². The van der Waals surface area contributed by atoms with Crippen LogP contribution in [0, 0.1) is 5.41 Å². The van der Waals surface area contributed by atoms with Gasteiger partial charge in [-0.1, -0.05) is 31.4 Å². The van der Waals surface area contributed by atoms with Crippen molar-refractivity contribution in [2.24, 2.45) is 5.41 Å². The second-order valence-electron chi connectivity index (χ2n) is 18.1. The average molecular weight is 862 g/mol. The van der Waals surface area contributed by atoms with E-state index in [1.54, 1.807) is 30.4 Å². The number of hydrogen-bond donors (Lipinski definition) is 0. The van der Waals surface area contributed by atoms with Gasteiger partial charge in [0.05, 0.1) is 18.3 Å². The largest absolute Gasteiger partial charge is 0.481 e. The van der Waals surface area contributed by atoms with Crippen molar-refractivity contribution in [2.75, 3.05) is 77.6 Å². The minimum Gasteiger partial charge on any atom is -0.481 e. The fourth-order valence-corrected chi connectivity index (χ4v) is 9.31. The zero-order valence-corrected chi connectivity index (χ0v) is 36.3. The summed E-state index contributed by atoms with van der Waals surface area (Å²) in [6, 6.07) is 5.80. The minimum absolute atomic E-state index is 0.0599. The highest BCUT2D eigenvalue weighted by Crippen LogP contribution is 2.49. The molecule has 334 valence electrons. The molecule has 0 saturated carbocycles. The van der Waals surface area contributed by atoms with Gasteiger partial charge in [0.2, 0.25) is 0 Å². The Balaban J connectivity index is 1.23. The number of benzene rings is 2. The molecule has 4 fully saturated rings. The summed E-state index contributed by atoms with van der Waals surface area (Å²) < 4.78 is 74.3. The van der Waals surface area contributed by atoms with Gasteiger partial charge in [-0.25, -0.2) is 9.48 Å². The number of carbonyl (C=O) groups excluding carboxylic acids is 1. The average Bonchev–Trinajstić information content (AvgIpc) is 3.67. The van der Waals surface area contributed by atoms with E-state index in [2.05, 4.69) is 23.0 Å². The Labute approximate surface area is 360 Å². The number of anilines is 1. The van der Waals surface area contributed by atoms with Crippen LogP contribution in [0.2, 0.25) is 0 Å². The van der Waals surface area contributed by atoms with Gasteiger partial charge in [0.15, 0.2) is 18.6 Å². The monoisotopic (exact) mass is 861 g/mol. The van der Waals surface area contributed by atoms with Gasteiger partial charge < -0.3 is 38.4 Å². The molecule has 13 nitrogen and oxygen atoms in total. The van der Waals surface area contributed by atoms with Crippen LogP contribution in [0.15, 0.2) is 37.6 Å². The lowest BCUT2D eigenvalue weighted by molar-refractivity contribution is -0.153. The number of carbonyl (C=O) groups is 1. The lowest BCUT2D eigenvalue weighted by Gasteiger charge is -2.53. The molecule has 2 aromatic heterocycles. The molecule has 0 radical (unpaired) electrons. The third-order valence-electron chi connectivity index (χ3n) is 12.5. The highest BCUT2D eigenvalue weighted by molar-refractivity contribution is 6.08. The predicted molar refractivity (Wildman–Crippen MR) is 232 cm³/mol. The number of alkyl halides is 3. The second-order valence-corrected chi connectivity index (χ2v) is 18.1. The van der Waals surface area contributed by atoms with E-state index < -0.39 is 18.4 Å². The van der Waals surface area contributed by atoms with Gasteiger partial charge in [0.25, 0.3) is 0 Å². The van der Waals surface area contributed by atoms with Crippen LogP contribution in [0.3, 0.4) is 0 Å². The van der Waals surface area contributed by atoms with Crippen LogP contribution in [0.4, 0.5) is 23.8 Å². The van der Waals surface area contributed by atoms with Crippen molar-refractivity contribution in [3.05, 3.63) is 48.7 Å². The lowest BCUT2D eigenvalue weighted by atomic mass is 9.72. The van der Waals surface area contributed by atoms with E-state index in [4.69, 9.17) is 38.8 Å². The van der Waals surface area contributed by atoms with Crippen LogP contribution < -0.4 is 14.4 Å². The molecule has 4 saturated heterocycles. The third kappa shape index (κ3) is 9.23. The summed E-state index contributed by atoms with van der Waals surface area (Å²) in [5, 5.41) is 5.98. The number of nitrogens with zero attached hydrogens (tertiary/aromatic N) is 7. The molecule has 62 heavy (non-hydrogen) atoms. The molecule has 2 aromatic carbocycles. The molecule has 0 N–H and O–H groups in total. The fourth-order valence-electron chi connectivity index (χ4n) is 9.31. The number of hydrogen-bond acceptors (Lipinski definition) is 11. The van der Waals surface area contributed by atoms with Crippen molar-refractivity contribution < 1.29 is 41.7 Å². The summed E-state index contributed by atoms with van der Waals surface area (Å²) in [4.78, 5) is 29.0. The number of halogens is 3. The topological polar surface area (TPSA) is 117 Å². The van der Waals surface area contributed by atoms with Crippen LogP contribution in [0.5, 0.6) is 11.8 Å². The van der Waals surface area contributed by atoms with E-state index >= 15 is 0 Å². The molecule has 6 heterocycles. The maximum Gasteiger partial charge on any atom is 0.422 e. The molecule has 0 aliphatic carbocycles. The predicted octanol–water partition coefficient (Wildman–Crippen LogP) is 8.90. The standard InChI is InChI=1S/C46H58F3N7O6/c1-7-30-12-13-35-34(26-50-56(35)36-11-9-10-23-59-36)37(30)38-31(8-2)25-33-39(40(38)60-29-46(47,48)49)51-42(61-32-14-18-53(19-15-32)22-24-58-6)52-41(33)54-20-16-45(17-21-54)27-55(28-45)43(57)62-44(3,4)5/h7-8,12-13,25-26,32,36H,1-2,9-11,14-24,27-29H2,3-6H3. The van der Waals surface area contributed by atoms with Gasteiger partial charge in [-0.2, -0.15) is 28.2 Å². The Hall–Kier alpha value is -4.93. The highest BCUT2D eigenvalue weighted by Gasteiger charge is 2.48. The van der Waals surface area contributed by atoms with E-state index in [1.807, 2.05) is 43.7 Å². The van der Waals surface area contributed by atoms with Crippen molar-refractivity contribution >= 4 is 45.9 Å². The summed E-state index contributed by atoms with van der Waals surface area (Å²) in [6.45, 7) is 18.3. The number of aromatic nitrogens is 4. The van der Waals surface area contributed by atoms with Gasteiger partial charge >= 0.3 is 18.3 Å². The van der Waals surface area contributed by atoms with Crippen molar-refractivity contribution in [3.8, 4) is 22.9 Å². The van der Waals surface area contributed by atoms with Gasteiger partial charge in [-0.3, -0.25) is 0 Å². The minimum atomic E-state index is -4.66. The Kier molecular flexibility index (Phi) is 12.5. The number of methoxy groups -OCH3 is 1. The molecule has 0 bridgehead atoms. The van der Waals surface area contributed by atoms with Gasteiger partial charge in [0, 0.05) is 86.8 Å². The van der Waals surface area contributed by atoms with Crippen molar-refractivity contribution in [1.82, 2.24) is 29.5 Å². The Bertz CT molecular complexity index is 2280.